The van der Waals surface area contributed by atoms with Crippen LogP contribution in [0.2, 0.25) is 0 Å². The molecule has 0 spiro atoms. The molecular weight excluding hydrogens is 354 g/mol. The number of fused-ring (bicyclic) bond motifs is 1. The summed E-state index contributed by atoms with van der Waals surface area (Å²) in [6, 6.07) is 19.2. The Bertz CT molecular complexity index is 964. The van der Waals surface area contributed by atoms with Crippen LogP contribution in [-0.4, -0.2) is 26.2 Å². The minimum absolute atomic E-state index is 0.185. The standard InChI is InChI=1S/C23H25NO4/c1-15(18-12-13-21(26-3)22(14-18)27-4)24-23(25)16(2)28-20-11-7-9-17-8-5-6-10-19(17)20/h5-16H,1-4H3,(H,24,25)/t15-,16-/m0/s1. The number of methoxy groups -OCH3 is 2. The Hall–Kier alpha value is -3.21. The first-order valence-electron chi connectivity index (χ1n) is 9.20. The summed E-state index contributed by atoms with van der Waals surface area (Å²) in [5.74, 6) is 1.79. The smallest absolute Gasteiger partial charge is 0.261 e. The predicted octanol–water partition coefficient (Wildman–Crippen LogP) is 4.50. The van der Waals surface area contributed by atoms with E-state index in [0.717, 1.165) is 16.3 Å². The average molecular weight is 379 g/mol. The maximum atomic E-state index is 12.7. The number of amides is 1. The predicted molar refractivity (Wildman–Crippen MR) is 110 cm³/mol. The van der Waals surface area contributed by atoms with Gasteiger partial charge in [0.05, 0.1) is 20.3 Å². The lowest BCUT2D eigenvalue weighted by molar-refractivity contribution is -0.127. The summed E-state index contributed by atoms with van der Waals surface area (Å²) >= 11 is 0. The monoisotopic (exact) mass is 379 g/mol. The molecule has 2 atom stereocenters. The average Bonchev–Trinajstić information content (AvgIpc) is 2.73. The molecule has 0 radical (unpaired) electrons. The van der Waals surface area contributed by atoms with Gasteiger partial charge < -0.3 is 19.5 Å². The van der Waals surface area contributed by atoms with Gasteiger partial charge in [-0.05, 0) is 43.0 Å². The Labute approximate surface area is 165 Å². The molecule has 3 aromatic rings. The van der Waals surface area contributed by atoms with Gasteiger partial charge in [-0.15, -0.1) is 0 Å². The zero-order valence-corrected chi connectivity index (χ0v) is 16.6. The van der Waals surface area contributed by atoms with E-state index in [1.54, 1.807) is 21.1 Å². The molecule has 1 amide bonds. The molecule has 0 unspecified atom stereocenters. The van der Waals surface area contributed by atoms with Gasteiger partial charge in [0.15, 0.2) is 17.6 Å². The van der Waals surface area contributed by atoms with E-state index in [-0.39, 0.29) is 11.9 Å². The van der Waals surface area contributed by atoms with Crippen molar-refractivity contribution in [1.82, 2.24) is 5.32 Å². The van der Waals surface area contributed by atoms with Gasteiger partial charge in [-0.25, -0.2) is 0 Å². The van der Waals surface area contributed by atoms with Crippen LogP contribution < -0.4 is 19.5 Å². The van der Waals surface area contributed by atoms with Crippen molar-refractivity contribution in [2.75, 3.05) is 14.2 Å². The van der Waals surface area contributed by atoms with Crippen molar-refractivity contribution in [3.8, 4) is 17.2 Å². The van der Waals surface area contributed by atoms with Gasteiger partial charge in [-0.3, -0.25) is 4.79 Å². The normalized spacial score (nSPS) is 12.9. The number of hydrogen-bond donors (Lipinski definition) is 1. The molecule has 0 saturated carbocycles. The highest BCUT2D eigenvalue weighted by Gasteiger charge is 2.19. The van der Waals surface area contributed by atoms with Crippen LogP contribution in [0.15, 0.2) is 60.7 Å². The molecule has 146 valence electrons. The van der Waals surface area contributed by atoms with Crippen molar-refractivity contribution in [3.05, 3.63) is 66.2 Å². The molecule has 0 aromatic heterocycles. The first kappa shape index (κ1) is 19.5. The molecule has 0 fully saturated rings. The number of nitrogens with one attached hydrogen (secondary N) is 1. The van der Waals surface area contributed by atoms with Gasteiger partial charge in [0.1, 0.15) is 5.75 Å². The van der Waals surface area contributed by atoms with E-state index in [1.807, 2.05) is 67.6 Å². The van der Waals surface area contributed by atoms with Gasteiger partial charge in [0.2, 0.25) is 0 Å². The Balaban J connectivity index is 1.70. The third kappa shape index (κ3) is 4.19. The molecule has 0 bridgehead atoms. The zero-order valence-electron chi connectivity index (χ0n) is 16.6. The van der Waals surface area contributed by atoms with E-state index < -0.39 is 6.10 Å². The van der Waals surface area contributed by atoms with E-state index >= 15 is 0 Å². The lowest BCUT2D eigenvalue weighted by Gasteiger charge is -2.20. The number of carbonyl (C=O) groups is 1. The lowest BCUT2D eigenvalue weighted by atomic mass is 10.1. The second kappa shape index (κ2) is 8.65. The summed E-state index contributed by atoms with van der Waals surface area (Å²) in [7, 11) is 3.18. The van der Waals surface area contributed by atoms with E-state index in [9.17, 15) is 4.79 Å². The summed E-state index contributed by atoms with van der Waals surface area (Å²) in [5, 5.41) is 5.05. The number of hydrogen-bond acceptors (Lipinski definition) is 4. The van der Waals surface area contributed by atoms with Gasteiger partial charge in [-0.1, -0.05) is 42.5 Å². The summed E-state index contributed by atoms with van der Waals surface area (Å²) < 4.78 is 16.5. The number of carbonyl (C=O) groups excluding carboxylic acids is 1. The zero-order chi connectivity index (χ0) is 20.1. The summed E-state index contributed by atoms with van der Waals surface area (Å²) in [4.78, 5) is 12.7. The number of ether oxygens (including phenoxy) is 3. The second-order valence-corrected chi connectivity index (χ2v) is 6.58. The van der Waals surface area contributed by atoms with E-state index in [2.05, 4.69) is 5.32 Å². The highest BCUT2D eigenvalue weighted by Crippen LogP contribution is 2.30. The third-order valence-electron chi connectivity index (χ3n) is 4.69. The molecule has 0 aliphatic carbocycles. The Morgan fingerprint density at radius 2 is 1.57 bits per heavy atom. The Kier molecular flexibility index (Phi) is 6.04. The highest BCUT2D eigenvalue weighted by molar-refractivity contribution is 5.89. The van der Waals surface area contributed by atoms with Crippen LogP contribution in [0.25, 0.3) is 10.8 Å². The van der Waals surface area contributed by atoms with Crippen LogP contribution in [0.4, 0.5) is 0 Å². The molecule has 1 N–H and O–H groups in total. The van der Waals surface area contributed by atoms with Crippen molar-refractivity contribution in [2.45, 2.75) is 26.0 Å². The molecule has 0 aliphatic heterocycles. The number of benzene rings is 3. The molecule has 0 aliphatic rings. The fraction of sp³-hybridized carbons (Fsp3) is 0.261. The maximum absolute atomic E-state index is 12.7. The third-order valence-corrected chi connectivity index (χ3v) is 4.69. The van der Waals surface area contributed by atoms with Crippen LogP contribution >= 0.6 is 0 Å². The molecule has 0 saturated heterocycles. The molecule has 3 rings (SSSR count). The van der Waals surface area contributed by atoms with Crippen molar-refractivity contribution < 1.29 is 19.0 Å². The first-order valence-corrected chi connectivity index (χ1v) is 9.20. The molecule has 0 heterocycles. The minimum atomic E-state index is -0.631. The van der Waals surface area contributed by atoms with Crippen LogP contribution in [0.3, 0.4) is 0 Å². The quantitative estimate of drug-likeness (QED) is 0.657. The first-order chi connectivity index (χ1) is 13.5. The minimum Gasteiger partial charge on any atom is -0.493 e. The fourth-order valence-electron chi connectivity index (χ4n) is 3.08. The van der Waals surface area contributed by atoms with Gasteiger partial charge in [-0.2, -0.15) is 0 Å². The molecule has 3 aromatic carbocycles. The van der Waals surface area contributed by atoms with Gasteiger partial charge in [0.25, 0.3) is 5.91 Å². The molecular formula is C23H25NO4. The maximum Gasteiger partial charge on any atom is 0.261 e. The lowest BCUT2D eigenvalue weighted by Crippen LogP contribution is -2.37. The highest BCUT2D eigenvalue weighted by atomic mass is 16.5. The molecule has 5 heteroatoms. The van der Waals surface area contributed by atoms with Crippen molar-refractivity contribution in [1.29, 1.82) is 0 Å². The Morgan fingerprint density at radius 3 is 2.32 bits per heavy atom. The van der Waals surface area contributed by atoms with Gasteiger partial charge >= 0.3 is 0 Å². The summed E-state index contributed by atoms with van der Waals surface area (Å²) in [6.45, 7) is 3.67. The number of rotatable bonds is 7. The second-order valence-electron chi connectivity index (χ2n) is 6.58. The van der Waals surface area contributed by atoms with Crippen LogP contribution in [0.5, 0.6) is 17.2 Å². The van der Waals surface area contributed by atoms with Crippen LogP contribution in [0, 0.1) is 0 Å². The van der Waals surface area contributed by atoms with Gasteiger partial charge in [0, 0.05) is 5.39 Å². The summed E-state index contributed by atoms with van der Waals surface area (Å²) in [6.07, 6.45) is -0.631. The largest absolute Gasteiger partial charge is 0.493 e. The van der Waals surface area contributed by atoms with Crippen molar-refractivity contribution in [2.24, 2.45) is 0 Å². The van der Waals surface area contributed by atoms with E-state index in [1.165, 1.54) is 0 Å². The van der Waals surface area contributed by atoms with Crippen molar-refractivity contribution >= 4 is 16.7 Å². The summed E-state index contributed by atoms with van der Waals surface area (Å²) in [5.41, 5.74) is 0.920. The van der Waals surface area contributed by atoms with Crippen LogP contribution in [0.1, 0.15) is 25.5 Å². The van der Waals surface area contributed by atoms with Crippen molar-refractivity contribution in [3.63, 3.8) is 0 Å². The Morgan fingerprint density at radius 1 is 0.857 bits per heavy atom. The molecule has 28 heavy (non-hydrogen) atoms. The van der Waals surface area contributed by atoms with E-state index in [4.69, 9.17) is 14.2 Å². The van der Waals surface area contributed by atoms with Crippen LogP contribution in [-0.2, 0) is 4.79 Å². The SMILES string of the molecule is COc1ccc([C@H](C)NC(=O)[C@H](C)Oc2cccc3ccccc23)cc1OC. The fourth-order valence-corrected chi connectivity index (χ4v) is 3.08. The topological polar surface area (TPSA) is 56.8 Å². The van der Waals surface area contributed by atoms with E-state index in [0.29, 0.717) is 17.2 Å². The molecule has 5 nitrogen and oxygen atoms in total.